The summed E-state index contributed by atoms with van der Waals surface area (Å²) in [7, 11) is 0. The van der Waals surface area contributed by atoms with Gasteiger partial charge < -0.3 is 4.74 Å². The van der Waals surface area contributed by atoms with E-state index in [0.717, 1.165) is 13.1 Å². The normalized spacial score (nSPS) is 11.6. The summed E-state index contributed by atoms with van der Waals surface area (Å²) in [5.74, 6) is -0.446. The molecular weight excluding hydrogens is 441 g/mol. The van der Waals surface area contributed by atoms with E-state index in [2.05, 4.69) is 29.2 Å². The van der Waals surface area contributed by atoms with Gasteiger partial charge in [0.05, 0.1) is 10.6 Å². The molecule has 30 heavy (non-hydrogen) atoms. The van der Waals surface area contributed by atoms with Gasteiger partial charge in [0.15, 0.2) is 0 Å². The number of rotatable bonds is 8. The van der Waals surface area contributed by atoms with Gasteiger partial charge in [-0.2, -0.15) is 0 Å². The highest BCUT2D eigenvalue weighted by Gasteiger charge is 2.18. The van der Waals surface area contributed by atoms with Crippen LogP contribution in [0.5, 0.6) is 0 Å². The summed E-state index contributed by atoms with van der Waals surface area (Å²) in [5, 5.41) is 0.775. The number of nitrogens with zero attached hydrogens (tertiary/aromatic N) is 1. The number of ether oxygens (including phenoxy) is 1. The number of carbonyl (C=O) groups is 1. The van der Waals surface area contributed by atoms with E-state index in [0.29, 0.717) is 22.2 Å². The molecule has 0 N–H and O–H groups in total. The standard InChI is InChI=1S/C24H23Cl2NO2.ClH/c1-18(29-24(28)22-13-12-21(25)14-23(22)26)15-27(16-19-8-4-2-5-9-19)17-20-10-6-3-7-11-20;/h2-14,18H,15-17H2,1H3;1H. The maximum Gasteiger partial charge on any atom is 0.339 e. The number of hydrogen-bond acceptors (Lipinski definition) is 3. The zero-order valence-electron chi connectivity index (χ0n) is 16.6. The third kappa shape index (κ3) is 7.33. The van der Waals surface area contributed by atoms with Gasteiger partial charge in [0, 0.05) is 24.7 Å². The summed E-state index contributed by atoms with van der Waals surface area (Å²) in [4.78, 5) is 14.8. The van der Waals surface area contributed by atoms with E-state index in [1.807, 2.05) is 43.3 Å². The molecule has 0 aliphatic heterocycles. The van der Waals surface area contributed by atoms with Crippen molar-refractivity contribution in [1.82, 2.24) is 4.90 Å². The minimum atomic E-state index is -0.446. The van der Waals surface area contributed by atoms with E-state index in [1.54, 1.807) is 18.2 Å². The molecule has 0 aromatic heterocycles. The van der Waals surface area contributed by atoms with Crippen molar-refractivity contribution in [2.24, 2.45) is 0 Å². The highest BCUT2D eigenvalue weighted by Crippen LogP contribution is 2.22. The Balaban J connectivity index is 0.00000320. The largest absolute Gasteiger partial charge is 0.458 e. The van der Waals surface area contributed by atoms with Crippen LogP contribution in [-0.2, 0) is 17.8 Å². The molecule has 0 saturated carbocycles. The highest BCUT2D eigenvalue weighted by atomic mass is 35.5. The lowest BCUT2D eigenvalue weighted by Crippen LogP contribution is -2.33. The van der Waals surface area contributed by atoms with Gasteiger partial charge in [-0.25, -0.2) is 4.79 Å². The first-order valence-electron chi connectivity index (χ1n) is 9.47. The number of esters is 1. The molecule has 6 heteroatoms. The molecule has 0 amide bonds. The minimum Gasteiger partial charge on any atom is -0.458 e. The van der Waals surface area contributed by atoms with Crippen LogP contribution in [0.2, 0.25) is 10.0 Å². The second-order valence-corrected chi connectivity index (χ2v) is 7.82. The van der Waals surface area contributed by atoms with Crippen LogP contribution in [-0.4, -0.2) is 23.5 Å². The van der Waals surface area contributed by atoms with Crippen molar-refractivity contribution in [1.29, 1.82) is 0 Å². The molecule has 0 spiro atoms. The lowest BCUT2D eigenvalue weighted by molar-refractivity contribution is 0.0237. The first-order valence-corrected chi connectivity index (χ1v) is 10.2. The molecular formula is C24H24Cl3NO2. The van der Waals surface area contributed by atoms with E-state index < -0.39 is 5.97 Å². The Labute approximate surface area is 194 Å². The van der Waals surface area contributed by atoms with Crippen LogP contribution in [0.25, 0.3) is 0 Å². The molecule has 0 fully saturated rings. The predicted octanol–water partition coefficient (Wildman–Crippen LogP) is 6.66. The molecule has 1 unspecified atom stereocenters. The summed E-state index contributed by atoms with van der Waals surface area (Å²) in [6, 6.07) is 25.3. The molecule has 3 rings (SSSR count). The minimum absolute atomic E-state index is 0. The number of benzene rings is 3. The van der Waals surface area contributed by atoms with E-state index in [4.69, 9.17) is 27.9 Å². The SMILES string of the molecule is CC(CN(Cc1ccccc1)Cc1ccccc1)OC(=O)c1ccc(Cl)cc1Cl.Cl. The average molecular weight is 465 g/mol. The first kappa shape index (κ1) is 24.2. The van der Waals surface area contributed by atoms with E-state index >= 15 is 0 Å². The van der Waals surface area contributed by atoms with Gasteiger partial charge >= 0.3 is 5.97 Å². The van der Waals surface area contributed by atoms with Crippen molar-refractivity contribution in [2.75, 3.05) is 6.54 Å². The Morgan fingerprint density at radius 2 is 1.43 bits per heavy atom. The van der Waals surface area contributed by atoms with E-state index in [9.17, 15) is 4.79 Å². The zero-order chi connectivity index (χ0) is 20.6. The van der Waals surface area contributed by atoms with Crippen molar-refractivity contribution in [3.05, 3.63) is 106 Å². The van der Waals surface area contributed by atoms with Gasteiger partial charge in [0.1, 0.15) is 6.10 Å². The molecule has 1 atom stereocenters. The third-order valence-electron chi connectivity index (χ3n) is 4.47. The van der Waals surface area contributed by atoms with Gasteiger partial charge in [0.2, 0.25) is 0 Å². The summed E-state index contributed by atoms with van der Waals surface area (Å²) in [5.41, 5.74) is 2.74. The first-order chi connectivity index (χ1) is 14.0. The molecule has 0 radical (unpaired) electrons. The predicted molar refractivity (Wildman–Crippen MR) is 126 cm³/mol. The summed E-state index contributed by atoms with van der Waals surface area (Å²) >= 11 is 12.0. The topological polar surface area (TPSA) is 29.5 Å². The summed E-state index contributed by atoms with van der Waals surface area (Å²) < 4.78 is 5.65. The maximum absolute atomic E-state index is 12.5. The fourth-order valence-corrected chi connectivity index (χ4v) is 3.66. The van der Waals surface area contributed by atoms with E-state index in [1.165, 1.54) is 11.1 Å². The van der Waals surface area contributed by atoms with Crippen LogP contribution in [0.3, 0.4) is 0 Å². The van der Waals surface area contributed by atoms with Gasteiger partial charge in [-0.05, 0) is 36.2 Å². The Kier molecular flexibility index (Phi) is 9.67. The van der Waals surface area contributed by atoms with E-state index in [-0.39, 0.29) is 18.5 Å². The van der Waals surface area contributed by atoms with Crippen molar-refractivity contribution in [3.63, 3.8) is 0 Å². The van der Waals surface area contributed by atoms with Crippen molar-refractivity contribution < 1.29 is 9.53 Å². The Bertz CT molecular complexity index is 894. The number of hydrogen-bond donors (Lipinski definition) is 0. The molecule has 3 aromatic carbocycles. The third-order valence-corrected chi connectivity index (χ3v) is 5.02. The molecule has 0 saturated heterocycles. The van der Waals surface area contributed by atoms with Crippen molar-refractivity contribution in [3.8, 4) is 0 Å². The zero-order valence-corrected chi connectivity index (χ0v) is 19.0. The number of halogens is 3. The summed E-state index contributed by atoms with van der Waals surface area (Å²) in [6.45, 7) is 4.02. The Morgan fingerprint density at radius 1 is 0.900 bits per heavy atom. The van der Waals surface area contributed by atoms with Crippen LogP contribution in [0, 0.1) is 0 Å². The van der Waals surface area contributed by atoms with Crippen LogP contribution >= 0.6 is 35.6 Å². The lowest BCUT2D eigenvalue weighted by Gasteiger charge is -2.26. The Morgan fingerprint density at radius 3 is 1.93 bits per heavy atom. The van der Waals surface area contributed by atoms with Gasteiger partial charge in [-0.1, -0.05) is 83.9 Å². The van der Waals surface area contributed by atoms with Gasteiger partial charge in [-0.3, -0.25) is 4.90 Å². The van der Waals surface area contributed by atoms with Crippen molar-refractivity contribution >= 4 is 41.6 Å². The quantitative estimate of drug-likeness (QED) is 0.349. The van der Waals surface area contributed by atoms with Crippen molar-refractivity contribution in [2.45, 2.75) is 26.1 Å². The average Bonchev–Trinajstić information content (AvgIpc) is 2.69. The molecule has 0 aliphatic rings. The van der Waals surface area contributed by atoms with Crippen LogP contribution in [0.1, 0.15) is 28.4 Å². The fraction of sp³-hybridized carbons (Fsp3) is 0.208. The molecule has 3 nitrogen and oxygen atoms in total. The maximum atomic E-state index is 12.5. The molecule has 3 aromatic rings. The summed E-state index contributed by atoms with van der Waals surface area (Å²) in [6.07, 6.45) is -0.304. The van der Waals surface area contributed by atoms with Crippen LogP contribution in [0.15, 0.2) is 78.9 Å². The van der Waals surface area contributed by atoms with Gasteiger partial charge in [-0.15, -0.1) is 12.4 Å². The smallest absolute Gasteiger partial charge is 0.339 e. The second-order valence-electron chi connectivity index (χ2n) is 6.98. The fourth-order valence-electron chi connectivity index (χ4n) is 3.17. The molecule has 0 heterocycles. The molecule has 0 aliphatic carbocycles. The van der Waals surface area contributed by atoms with Crippen LogP contribution in [0.4, 0.5) is 0 Å². The molecule has 0 bridgehead atoms. The lowest BCUT2D eigenvalue weighted by atomic mass is 10.1. The highest BCUT2D eigenvalue weighted by molar-refractivity contribution is 6.36. The van der Waals surface area contributed by atoms with Crippen LogP contribution < -0.4 is 0 Å². The monoisotopic (exact) mass is 463 g/mol. The number of carbonyl (C=O) groups excluding carboxylic acids is 1. The van der Waals surface area contributed by atoms with Gasteiger partial charge in [0.25, 0.3) is 0 Å². The molecule has 158 valence electrons. The second kappa shape index (κ2) is 12.0. The Hall–Kier alpha value is -2.04.